The van der Waals surface area contributed by atoms with Crippen LogP contribution < -0.4 is 0 Å². The summed E-state index contributed by atoms with van der Waals surface area (Å²) >= 11 is 0. The summed E-state index contributed by atoms with van der Waals surface area (Å²) in [5, 5.41) is 65.4. The lowest BCUT2D eigenvalue weighted by Gasteiger charge is -2.24. The summed E-state index contributed by atoms with van der Waals surface area (Å²) < 4.78 is 33.4. The zero-order chi connectivity index (χ0) is 37.1. The van der Waals surface area contributed by atoms with E-state index < -0.39 is 63.1 Å². The lowest BCUT2D eigenvalue weighted by Crippen LogP contribution is -2.37. The van der Waals surface area contributed by atoms with Crippen molar-refractivity contribution in [1.82, 2.24) is 0 Å². The van der Waals surface area contributed by atoms with Crippen LogP contribution in [0.3, 0.4) is 0 Å². The van der Waals surface area contributed by atoms with Gasteiger partial charge in [0.15, 0.2) is 0 Å². The molecule has 50 heavy (non-hydrogen) atoms. The zero-order valence-electron chi connectivity index (χ0n) is 30.5. The smallest absolute Gasteiger partial charge is 0.305 e. The molecule has 0 aromatic heterocycles. The number of hydrogen-bond donors (Lipinski definition) is 7. The number of unbranched alkanes of at least 4 members (excludes halogenated alkanes) is 11. The van der Waals surface area contributed by atoms with Crippen molar-refractivity contribution in [3.05, 3.63) is 12.2 Å². The van der Waals surface area contributed by atoms with E-state index in [1.165, 1.54) is 38.5 Å². The van der Waals surface area contributed by atoms with Crippen LogP contribution in [0.25, 0.3) is 0 Å². The van der Waals surface area contributed by atoms with Gasteiger partial charge in [-0.2, -0.15) is 0 Å². The van der Waals surface area contributed by atoms with Crippen molar-refractivity contribution < 1.29 is 69.0 Å². The average Bonchev–Trinajstić information content (AvgIpc) is 3.13. The maximum absolute atomic E-state index is 12.5. The van der Waals surface area contributed by atoms with E-state index in [1.54, 1.807) is 0 Å². The molecule has 14 heteroatoms. The molecule has 6 unspecified atom stereocenters. The molecule has 0 aliphatic carbocycles. The molecule has 0 radical (unpaired) electrons. The summed E-state index contributed by atoms with van der Waals surface area (Å²) in [5.74, 6) is -0.369. The first-order valence-electron chi connectivity index (χ1n) is 18.6. The van der Waals surface area contributed by atoms with E-state index in [1.807, 2.05) is 0 Å². The Morgan fingerprint density at radius 1 is 0.500 bits per heavy atom. The van der Waals surface area contributed by atoms with E-state index in [9.17, 15) is 25.2 Å². The van der Waals surface area contributed by atoms with E-state index in [4.69, 9.17) is 43.7 Å². The number of carbonyl (C=O) groups excluding carboxylic acids is 1. The van der Waals surface area contributed by atoms with Gasteiger partial charge in [0.05, 0.1) is 72.7 Å². The quantitative estimate of drug-likeness (QED) is 0.0275. The minimum absolute atomic E-state index is 0.0564. The van der Waals surface area contributed by atoms with Gasteiger partial charge in [-0.15, -0.1) is 0 Å². The van der Waals surface area contributed by atoms with Gasteiger partial charge in [0.1, 0.15) is 43.2 Å². The minimum Gasteiger partial charge on any atom is -0.463 e. The van der Waals surface area contributed by atoms with E-state index in [0.29, 0.717) is 6.42 Å². The molecule has 0 bridgehead atoms. The van der Waals surface area contributed by atoms with Crippen molar-refractivity contribution in [3.8, 4) is 0 Å². The van der Waals surface area contributed by atoms with Crippen molar-refractivity contribution >= 4 is 5.97 Å². The molecule has 0 rings (SSSR count). The molecule has 7 N–H and O–H groups in total. The predicted molar refractivity (Wildman–Crippen MR) is 188 cm³/mol. The Morgan fingerprint density at radius 2 is 0.940 bits per heavy atom. The summed E-state index contributed by atoms with van der Waals surface area (Å²) in [4.78, 5) is 12.5. The first kappa shape index (κ1) is 48.7. The van der Waals surface area contributed by atoms with Crippen molar-refractivity contribution in [2.45, 2.75) is 133 Å². The van der Waals surface area contributed by atoms with Crippen LogP contribution >= 0.6 is 0 Å². The van der Waals surface area contributed by atoms with Gasteiger partial charge in [-0.1, -0.05) is 70.4 Å². The van der Waals surface area contributed by atoms with Crippen LogP contribution in [0.2, 0.25) is 0 Å². The molecule has 0 aromatic rings. The Morgan fingerprint density at radius 3 is 1.50 bits per heavy atom. The fraction of sp³-hybridized carbons (Fsp3) is 0.917. The lowest BCUT2D eigenvalue weighted by atomic mass is 10.1. The molecule has 14 nitrogen and oxygen atoms in total. The number of esters is 1. The molecule has 0 spiro atoms. The van der Waals surface area contributed by atoms with Crippen LogP contribution in [0.4, 0.5) is 0 Å². The SMILES string of the molecule is CCCCCCCC/C=C\CCCCCCCC(=O)OCC(COCC(CO)OCC(O)CO)OCC(COCC(O)CO)OCC(O)CO. The molecule has 0 amide bonds. The third-order valence-corrected chi connectivity index (χ3v) is 7.70. The van der Waals surface area contributed by atoms with Gasteiger partial charge in [-0.25, -0.2) is 0 Å². The third kappa shape index (κ3) is 31.5. The van der Waals surface area contributed by atoms with Crippen LogP contribution in [0.1, 0.15) is 96.8 Å². The maximum atomic E-state index is 12.5. The maximum Gasteiger partial charge on any atom is 0.305 e. The zero-order valence-corrected chi connectivity index (χ0v) is 30.5. The highest BCUT2D eigenvalue weighted by Crippen LogP contribution is 2.11. The van der Waals surface area contributed by atoms with Gasteiger partial charge < -0.3 is 64.2 Å². The number of allylic oxidation sites excluding steroid dienone is 2. The molecule has 0 saturated heterocycles. The second-order valence-electron chi connectivity index (χ2n) is 12.7. The molecule has 0 aliphatic heterocycles. The third-order valence-electron chi connectivity index (χ3n) is 7.70. The molecular formula is C36H70O14. The monoisotopic (exact) mass is 726 g/mol. The van der Waals surface area contributed by atoms with Gasteiger partial charge >= 0.3 is 5.97 Å². The molecule has 6 atom stereocenters. The Kier molecular flexibility index (Phi) is 35.2. The topological polar surface area (TPSA) is 214 Å². The molecule has 0 saturated carbocycles. The fourth-order valence-electron chi connectivity index (χ4n) is 4.60. The first-order valence-corrected chi connectivity index (χ1v) is 18.6. The van der Waals surface area contributed by atoms with E-state index in [-0.39, 0.29) is 65.2 Å². The van der Waals surface area contributed by atoms with Gasteiger partial charge in [0.2, 0.25) is 0 Å². The van der Waals surface area contributed by atoms with E-state index in [0.717, 1.165) is 38.5 Å². The number of hydrogen-bond acceptors (Lipinski definition) is 14. The summed E-state index contributed by atoms with van der Waals surface area (Å²) in [6.45, 7) is -0.606. The molecule has 0 fully saturated rings. The fourth-order valence-corrected chi connectivity index (χ4v) is 4.60. The number of aliphatic hydroxyl groups is 7. The Labute approximate surface area is 299 Å². The van der Waals surface area contributed by atoms with Crippen LogP contribution in [0.15, 0.2) is 12.2 Å². The summed E-state index contributed by atoms with van der Waals surface area (Å²) in [6.07, 6.45) is 14.3. The van der Waals surface area contributed by atoms with Gasteiger partial charge in [-0.05, 0) is 32.1 Å². The second kappa shape index (κ2) is 36.1. The number of aliphatic hydroxyl groups excluding tert-OH is 7. The highest BCUT2D eigenvalue weighted by atomic mass is 16.6. The van der Waals surface area contributed by atoms with Gasteiger partial charge in [-0.3, -0.25) is 4.79 Å². The summed E-state index contributed by atoms with van der Waals surface area (Å²) in [5.41, 5.74) is 0. The van der Waals surface area contributed by atoms with Crippen LogP contribution in [0.5, 0.6) is 0 Å². The molecule has 0 heterocycles. The Balaban J connectivity index is 4.70. The van der Waals surface area contributed by atoms with E-state index in [2.05, 4.69) is 19.1 Å². The number of rotatable bonds is 38. The lowest BCUT2D eigenvalue weighted by molar-refractivity contribution is -0.156. The van der Waals surface area contributed by atoms with Crippen molar-refractivity contribution in [3.63, 3.8) is 0 Å². The largest absolute Gasteiger partial charge is 0.463 e. The van der Waals surface area contributed by atoms with Crippen LogP contribution in [0, 0.1) is 0 Å². The van der Waals surface area contributed by atoms with Crippen molar-refractivity contribution in [2.75, 3.05) is 79.3 Å². The molecule has 298 valence electrons. The summed E-state index contributed by atoms with van der Waals surface area (Å²) in [7, 11) is 0. The minimum atomic E-state index is -1.13. The van der Waals surface area contributed by atoms with Crippen LogP contribution in [-0.2, 0) is 33.2 Å². The number of ether oxygens (including phenoxy) is 6. The van der Waals surface area contributed by atoms with Crippen molar-refractivity contribution in [2.24, 2.45) is 0 Å². The number of carbonyl (C=O) groups is 1. The Hall–Kier alpha value is -1.27. The Bertz CT molecular complexity index is 758. The second-order valence-corrected chi connectivity index (χ2v) is 12.7. The van der Waals surface area contributed by atoms with Crippen LogP contribution in [-0.4, -0.2) is 158 Å². The summed E-state index contributed by atoms with van der Waals surface area (Å²) in [6, 6.07) is 0. The van der Waals surface area contributed by atoms with Gasteiger partial charge in [0.25, 0.3) is 0 Å². The molecule has 0 aromatic carbocycles. The van der Waals surface area contributed by atoms with E-state index >= 15 is 0 Å². The predicted octanol–water partition coefficient (Wildman–Crippen LogP) is 1.81. The van der Waals surface area contributed by atoms with Crippen molar-refractivity contribution in [1.29, 1.82) is 0 Å². The molecular weight excluding hydrogens is 656 g/mol. The highest BCUT2D eigenvalue weighted by molar-refractivity contribution is 5.69. The molecule has 0 aliphatic rings. The highest BCUT2D eigenvalue weighted by Gasteiger charge is 2.20. The standard InChI is InChI=1S/C36H70O14/c1-2-3-4-5-6-7-8-9-10-11-12-13-14-15-16-17-36(44)50-29-35(27-46-25-33(21-40)47-23-31(42)19-38)49-28-34(48-24-32(43)20-39)26-45-22-30(41)18-37/h9-10,30-35,37-43H,2-8,11-29H2,1H3/b10-9-. The van der Waals surface area contributed by atoms with Gasteiger partial charge in [0, 0.05) is 6.42 Å². The average molecular weight is 727 g/mol. The first-order chi connectivity index (χ1) is 24.3. The normalized spacial score (nSPS) is 15.6.